The van der Waals surface area contributed by atoms with Crippen molar-refractivity contribution in [3.05, 3.63) is 6.33 Å². The summed E-state index contributed by atoms with van der Waals surface area (Å²) in [6.07, 6.45) is -2.71. The molecule has 2 aromatic heterocycles. The van der Waals surface area contributed by atoms with Crippen LogP contribution in [-0.4, -0.2) is 72.2 Å². The number of hydrogen-bond donors (Lipinski definition) is 4. The Labute approximate surface area is 113 Å². The summed E-state index contributed by atoms with van der Waals surface area (Å²) < 4.78 is 6.88. The van der Waals surface area contributed by atoms with E-state index in [0.717, 1.165) is 0 Å². The number of aliphatic hydroxyl groups excluding tert-OH is 3. The second-order valence-electron chi connectivity index (χ2n) is 4.44. The number of hydrogen-bond acceptors (Lipinski definition) is 9. The van der Waals surface area contributed by atoms with Crippen molar-refractivity contribution < 1.29 is 20.1 Å². The van der Waals surface area contributed by atoms with E-state index < -0.39 is 31.1 Å². The number of anilines is 1. The standard InChI is InChI=1S/C10H14N6O4/c1-11-8-5-9(14-15-13-8)16(3-12-5)10-7(19)6(18)4(2-17)20-10/h3-4,6-7,10,17-19H,2H2,1H3,(H,11,13,14)/t4-,6?,7-,10-/m1/s1. The second-order valence-corrected chi connectivity index (χ2v) is 4.44. The van der Waals surface area contributed by atoms with Crippen LogP contribution in [-0.2, 0) is 4.74 Å². The molecule has 0 saturated carbocycles. The fourth-order valence-corrected chi connectivity index (χ4v) is 2.24. The van der Waals surface area contributed by atoms with Crippen molar-refractivity contribution in [3.8, 4) is 0 Å². The van der Waals surface area contributed by atoms with Crippen LogP contribution in [0.1, 0.15) is 6.23 Å². The molecule has 3 heterocycles. The van der Waals surface area contributed by atoms with E-state index in [4.69, 9.17) is 9.84 Å². The van der Waals surface area contributed by atoms with E-state index in [9.17, 15) is 10.2 Å². The highest BCUT2D eigenvalue weighted by molar-refractivity contribution is 5.81. The zero-order valence-electron chi connectivity index (χ0n) is 10.6. The van der Waals surface area contributed by atoms with Crippen molar-refractivity contribution in [2.75, 3.05) is 19.0 Å². The molecule has 1 aliphatic heterocycles. The summed E-state index contributed by atoms with van der Waals surface area (Å²) in [5.74, 6) is 0.445. The zero-order chi connectivity index (χ0) is 14.3. The number of rotatable bonds is 3. The Morgan fingerprint density at radius 3 is 2.80 bits per heavy atom. The summed E-state index contributed by atoms with van der Waals surface area (Å²) in [5.41, 5.74) is 0.833. The average molecular weight is 282 g/mol. The van der Waals surface area contributed by atoms with Gasteiger partial charge in [0.25, 0.3) is 0 Å². The van der Waals surface area contributed by atoms with Gasteiger partial charge >= 0.3 is 0 Å². The highest BCUT2D eigenvalue weighted by atomic mass is 16.6. The normalized spacial score (nSPS) is 30.0. The van der Waals surface area contributed by atoms with Crippen molar-refractivity contribution in [2.24, 2.45) is 0 Å². The molecule has 1 unspecified atom stereocenters. The molecule has 20 heavy (non-hydrogen) atoms. The second kappa shape index (κ2) is 4.90. The Morgan fingerprint density at radius 1 is 1.35 bits per heavy atom. The van der Waals surface area contributed by atoms with E-state index in [-0.39, 0.29) is 0 Å². The van der Waals surface area contributed by atoms with E-state index >= 15 is 0 Å². The smallest absolute Gasteiger partial charge is 0.190 e. The summed E-state index contributed by atoms with van der Waals surface area (Å²) in [4.78, 5) is 4.14. The highest BCUT2D eigenvalue weighted by Crippen LogP contribution is 2.31. The Balaban J connectivity index is 2.03. The van der Waals surface area contributed by atoms with Gasteiger partial charge in [-0.3, -0.25) is 4.57 Å². The lowest BCUT2D eigenvalue weighted by molar-refractivity contribution is -0.0511. The third-order valence-electron chi connectivity index (χ3n) is 3.30. The Morgan fingerprint density at radius 2 is 2.15 bits per heavy atom. The zero-order valence-corrected chi connectivity index (χ0v) is 10.6. The number of ether oxygens (including phenoxy) is 1. The minimum absolute atomic E-state index is 0.360. The first-order valence-corrected chi connectivity index (χ1v) is 6.03. The van der Waals surface area contributed by atoms with Crippen LogP contribution in [0.2, 0.25) is 0 Å². The molecule has 0 aliphatic carbocycles. The van der Waals surface area contributed by atoms with Crippen LogP contribution in [0.15, 0.2) is 6.33 Å². The van der Waals surface area contributed by atoms with Crippen LogP contribution in [0.25, 0.3) is 11.2 Å². The molecule has 0 spiro atoms. The maximum Gasteiger partial charge on any atom is 0.190 e. The van der Waals surface area contributed by atoms with Crippen LogP contribution in [0.3, 0.4) is 0 Å². The number of nitrogens with one attached hydrogen (secondary N) is 1. The quantitative estimate of drug-likeness (QED) is 0.497. The maximum absolute atomic E-state index is 10.0. The van der Waals surface area contributed by atoms with Crippen LogP contribution >= 0.6 is 0 Å². The molecule has 2 aromatic rings. The van der Waals surface area contributed by atoms with Crippen LogP contribution in [0, 0.1) is 0 Å². The predicted molar refractivity (Wildman–Crippen MR) is 65.7 cm³/mol. The molecule has 108 valence electrons. The lowest BCUT2D eigenvalue weighted by Gasteiger charge is -2.16. The number of imidazole rings is 1. The Hall–Kier alpha value is -1.88. The molecule has 0 radical (unpaired) electrons. The molecule has 4 atom stereocenters. The van der Waals surface area contributed by atoms with Gasteiger partial charge in [-0.1, -0.05) is 0 Å². The fraction of sp³-hybridized carbons (Fsp3) is 0.600. The van der Waals surface area contributed by atoms with E-state index in [0.29, 0.717) is 17.0 Å². The lowest BCUT2D eigenvalue weighted by atomic mass is 10.1. The summed E-state index contributed by atoms with van der Waals surface area (Å²) >= 11 is 0. The Kier molecular flexibility index (Phi) is 3.22. The van der Waals surface area contributed by atoms with Crippen molar-refractivity contribution in [1.82, 2.24) is 25.0 Å². The number of aromatic nitrogens is 5. The summed E-state index contributed by atoms with van der Waals surface area (Å²) in [6.45, 7) is -0.393. The van der Waals surface area contributed by atoms with Gasteiger partial charge in [-0.25, -0.2) is 4.98 Å². The first-order chi connectivity index (χ1) is 9.67. The fourth-order valence-electron chi connectivity index (χ4n) is 2.24. The molecule has 10 heteroatoms. The molecule has 0 amide bonds. The van der Waals surface area contributed by atoms with Crippen molar-refractivity contribution in [2.45, 2.75) is 24.5 Å². The minimum atomic E-state index is -1.20. The molecule has 10 nitrogen and oxygen atoms in total. The SMILES string of the molecule is CNc1nnnc2c1ncn2[C@@H]1O[C@H](CO)C(O)[C@H]1O. The largest absolute Gasteiger partial charge is 0.394 e. The topological polar surface area (TPSA) is 138 Å². The van der Waals surface area contributed by atoms with Crippen molar-refractivity contribution in [1.29, 1.82) is 0 Å². The summed E-state index contributed by atoms with van der Waals surface area (Å²) in [7, 11) is 1.68. The monoisotopic (exact) mass is 282 g/mol. The predicted octanol–water partition coefficient (Wildman–Crippen LogP) is -2.13. The number of aliphatic hydroxyl groups is 3. The van der Waals surface area contributed by atoms with Gasteiger partial charge in [0, 0.05) is 7.05 Å². The van der Waals surface area contributed by atoms with E-state index in [1.54, 1.807) is 7.05 Å². The third-order valence-corrected chi connectivity index (χ3v) is 3.30. The summed E-state index contributed by atoms with van der Waals surface area (Å²) in [6, 6.07) is 0. The van der Waals surface area contributed by atoms with Gasteiger partial charge in [-0.05, 0) is 5.21 Å². The minimum Gasteiger partial charge on any atom is -0.394 e. The summed E-state index contributed by atoms with van der Waals surface area (Å²) in [5, 5.41) is 43.0. The number of fused-ring (bicyclic) bond motifs is 1. The molecule has 0 aromatic carbocycles. The molecule has 4 N–H and O–H groups in total. The van der Waals surface area contributed by atoms with Crippen LogP contribution in [0.4, 0.5) is 5.82 Å². The molecule has 0 bridgehead atoms. The van der Waals surface area contributed by atoms with Gasteiger partial charge < -0.3 is 25.4 Å². The van der Waals surface area contributed by atoms with Crippen LogP contribution < -0.4 is 5.32 Å². The lowest BCUT2D eigenvalue weighted by Crippen LogP contribution is -2.33. The molecular weight excluding hydrogens is 268 g/mol. The van der Waals surface area contributed by atoms with Gasteiger partial charge in [0.2, 0.25) is 0 Å². The number of nitrogens with zero attached hydrogens (tertiary/aromatic N) is 5. The van der Waals surface area contributed by atoms with Crippen molar-refractivity contribution >= 4 is 17.0 Å². The molecular formula is C10H14N6O4. The average Bonchev–Trinajstić information content (AvgIpc) is 3.01. The first kappa shape index (κ1) is 13.1. The molecule has 1 saturated heterocycles. The van der Waals surface area contributed by atoms with Crippen molar-refractivity contribution in [3.63, 3.8) is 0 Å². The Bertz CT molecular complexity index is 619. The third kappa shape index (κ3) is 1.81. The van der Waals surface area contributed by atoms with Gasteiger partial charge in [0.1, 0.15) is 18.3 Å². The van der Waals surface area contributed by atoms with Crippen LogP contribution in [0.5, 0.6) is 0 Å². The van der Waals surface area contributed by atoms with Gasteiger partial charge in [-0.2, -0.15) is 0 Å². The molecule has 1 aliphatic rings. The van der Waals surface area contributed by atoms with Gasteiger partial charge in [0.15, 0.2) is 23.2 Å². The van der Waals surface area contributed by atoms with Gasteiger partial charge in [0.05, 0.1) is 12.9 Å². The highest BCUT2D eigenvalue weighted by Gasteiger charge is 2.44. The van der Waals surface area contributed by atoms with Gasteiger partial charge in [-0.15, -0.1) is 10.2 Å². The van der Waals surface area contributed by atoms with E-state index in [2.05, 4.69) is 25.7 Å². The molecule has 3 rings (SSSR count). The van der Waals surface area contributed by atoms with E-state index in [1.807, 2.05) is 0 Å². The van der Waals surface area contributed by atoms with E-state index in [1.165, 1.54) is 10.9 Å². The maximum atomic E-state index is 10.0. The first-order valence-electron chi connectivity index (χ1n) is 6.03. The molecule has 1 fully saturated rings.